The summed E-state index contributed by atoms with van der Waals surface area (Å²) in [6, 6.07) is 18.1. The van der Waals surface area contributed by atoms with Crippen LogP contribution in [0.3, 0.4) is 0 Å². The SMILES string of the molecule is CC(C)Oc1ccc(-n2c(Oc3ccccn3)c(C(=O)O)c3cc(CCl)ccc32)cc1. The summed E-state index contributed by atoms with van der Waals surface area (Å²) < 4.78 is 13.5. The maximum Gasteiger partial charge on any atom is 0.341 e. The molecule has 0 amide bonds. The quantitative estimate of drug-likeness (QED) is 0.357. The van der Waals surface area contributed by atoms with Gasteiger partial charge in [0.25, 0.3) is 0 Å². The highest BCUT2D eigenvalue weighted by atomic mass is 35.5. The monoisotopic (exact) mass is 436 g/mol. The van der Waals surface area contributed by atoms with Gasteiger partial charge < -0.3 is 14.6 Å². The number of hydrogen-bond acceptors (Lipinski definition) is 4. The molecule has 4 rings (SSSR count). The fourth-order valence-corrected chi connectivity index (χ4v) is 3.58. The molecule has 0 aliphatic heterocycles. The Morgan fingerprint density at radius 1 is 1.13 bits per heavy atom. The van der Waals surface area contributed by atoms with Crippen LogP contribution >= 0.6 is 11.6 Å². The standard InChI is InChI=1S/C24H21ClN2O4/c1-15(2)30-18-9-7-17(8-10-18)27-20-11-6-16(14-25)13-19(20)22(24(28)29)23(27)31-21-5-3-4-12-26-21/h3-13,15H,14H2,1-2H3,(H,28,29). The van der Waals surface area contributed by atoms with E-state index in [4.69, 9.17) is 21.1 Å². The van der Waals surface area contributed by atoms with Crippen molar-refractivity contribution < 1.29 is 19.4 Å². The Labute approximate surface area is 184 Å². The van der Waals surface area contributed by atoms with Crippen LogP contribution in [0, 0.1) is 0 Å². The van der Waals surface area contributed by atoms with Crippen molar-refractivity contribution in [2.75, 3.05) is 0 Å². The van der Waals surface area contributed by atoms with E-state index in [9.17, 15) is 9.90 Å². The van der Waals surface area contributed by atoms with Gasteiger partial charge in [0.15, 0.2) is 0 Å². The molecular weight excluding hydrogens is 416 g/mol. The number of alkyl halides is 1. The highest BCUT2D eigenvalue weighted by Gasteiger charge is 2.26. The van der Waals surface area contributed by atoms with E-state index in [0.29, 0.717) is 16.8 Å². The molecule has 0 atom stereocenters. The van der Waals surface area contributed by atoms with E-state index in [0.717, 1.165) is 17.0 Å². The molecule has 1 N–H and O–H groups in total. The summed E-state index contributed by atoms with van der Waals surface area (Å²) in [5, 5.41) is 10.6. The summed E-state index contributed by atoms with van der Waals surface area (Å²) in [7, 11) is 0. The fraction of sp³-hybridized carbons (Fsp3) is 0.167. The van der Waals surface area contributed by atoms with Crippen LogP contribution in [0.25, 0.3) is 16.6 Å². The highest BCUT2D eigenvalue weighted by Crippen LogP contribution is 2.38. The lowest BCUT2D eigenvalue weighted by Crippen LogP contribution is -2.06. The number of halogens is 1. The number of ether oxygens (including phenoxy) is 2. The third-order valence-electron chi connectivity index (χ3n) is 4.66. The minimum absolute atomic E-state index is 0.0499. The lowest BCUT2D eigenvalue weighted by Gasteiger charge is -2.14. The molecule has 7 heteroatoms. The molecule has 0 spiro atoms. The Balaban J connectivity index is 1.95. The molecule has 2 aromatic heterocycles. The van der Waals surface area contributed by atoms with E-state index in [1.54, 1.807) is 35.0 Å². The zero-order chi connectivity index (χ0) is 22.0. The first-order valence-electron chi connectivity index (χ1n) is 9.80. The number of hydrogen-bond donors (Lipinski definition) is 1. The van der Waals surface area contributed by atoms with Crippen LogP contribution in [0.15, 0.2) is 66.9 Å². The summed E-state index contributed by atoms with van der Waals surface area (Å²) in [6.45, 7) is 3.92. The Morgan fingerprint density at radius 3 is 2.52 bits per heavy atom. The predicted octanol–water partition coefficient (Wildman–Crippen LogP) is 6.04. The molecule has 0 saturated carbocycles. The smallest absolute Gasteiger partial charge is 0.341 e. The lowest BCUT2D eigenvalue weighted by molar-refractivity contribution is 0.0696. The van der Waals surface area contributed by atoms with Gasteiger partial charge in [-0.15, -0.1) is 11.6 Å². The molecule has 2 aromatic carbocycles. The van der Waals surface area contributed by atoms with Crippen LogP contribution in [0.2, 0.25) is 0 Å². The number of benzene rings is 2. The molecule has 0 saturated heterocycles. The lowest BCUT2D eigenvalue weighted by atomic mass is 10.1. The number of aromatic nitrogens is 2. The van der Waals surface area contributed by atoms with Crippen molar-refractivity contribution in [2.24, 2.45) is 0 Å². The van der Waals surface area contributed by atoms with Crippen molar-refractivity contribution >= 4 is 28.5 Å². The van der Waals surface area contributed by atoms with E-state index >= 15 is 0 Å². The summed E-state index contributed by atoms with van der Waals surface area (Å²) in [5.41, 5.74) is 2.29. The third-order valence-corrected chi connectivity index (χ3v) is 4.97. The van der Waals surface area contributed by atoms with Gasteiger partial charge >= 0.3 is 5.97 Å². The number of carboxylic acids is 1. The molecule has 0 aliphatic carbocycles. The van der Waals surface area contributed by atoms with E-state index < -0.39 is 5.97 Å². The van der Waals surface area contributed by atoms with Gasteiger partial charge in [-0.2, -0.15) is 0 Å². The van der Waals surface area contributed by atoms with Gasteiger partial charge in [-0.05, 0) is 61.9 Å². The summed E-state index contributed by atoms with van der Waals surface area (Å²) in [5.74, 6) is 0.376. The topological polar surface area (TPSA) is 73.6 Å². The van der Waals surface area contributed by atoms with Crippen LogP contribution in [-0.4, -0.2) is 26.7 Å². The van der Waals surface area contributed by atoms with Crippen molar-refractivity contribution in [1.82, 2.24) is 9.55 Å². The maximum atomic E-state index is 12.3. The highest BCUT2D eigenvalue weighted by molar-refractivity contribution is 6.17. The number of nitrogens with zero attached hydrogens (tertiary/aromatic N) is 2. The Kier molecular flexibility index (Phi) is 5.82. The van der Waals surface area contributed by atoms with Gasteiger partial charge in [-0.3, -0.25) is 4.57 Å². The van der Waals surface area contributed by atoms with Crippen molar-refractivity contribution in [2.45, 2.75) is 25.8 Å². The van der Waals surface area contributed by atoms with Crippen LogP contribution in [0.1, 0.15) is 29.8 Å². The number of carboxylic acid groups (broad SMARTS) is 1. The first-order valence-corrected chi connectivity index (χ1v) is 10.3. The average Bonchev–Trinajstić information content (AvgIpc) is 3.07. The molecule has 0 unspecified atom stereocenters. The Bertz CT molecular complexity index is 1220. The second kappa shape index (κ2) is 8.70. The van der Waals surface area contributed by atoms with Crippen molar-refractivity contribution in [3.8, 4) is 23.2 Å². The Morgan fingerprint density at radius 2 is 1.90 bits per heavy atom. The van der Waals surface area contributed by atoms with Gasteiger partial charge in [0.1, 0.15) is 11.3 Å². The molecule has 0 fully saturated rings. The average molecular weight is 437 g/mol. The minimum atomic E-state index is -1.10. The molecule has 0 radical (unpaired) electrons. The molecule has 4 aromatic rings. The van der Waals surface area contributed by atoms with Gasteiger partial charge in [0.05, 0.1) is 11.6 Å². The molecule has 158 valence electrons. The van der Waals surface area contributed by atoms with Crippen LogP contribution in [0.4, 0.5) is 0 Å². The number of fused-ring (bicyclic) bond motifs is 1. The Hall–Kier alpha value is -3.51. The molecular formula is C24H21ClN2O4. The number of pyridine rings is 1. The third kappa shape index (κ3) is 4.20. The van der Waals surface area contributed by atoms with E-state index in [1.807, 2.05) is 50.2 Å². The zero-order valence-corrected chi connectivity index (χ0v) is 17.8. The van der Waals surface area contributed by atoms with E-state index in [2.05, 4.69) is 4.98 Å². The fourth-order valence-electron chi connectivity index (χ4n) is 3.41. The first kappa shape index (κ1) is 20.8. The van der Waals surface area contributed by atoms with Crippen molar-refractivity contribution in [3.63, 3.8) is 0 Å². The predicted molar refractivity (Wildman–Crippen MR) is 120 cm³/mol. The van der Waals surface area contributed by atoms with E-state index in [-0.39, 0.29) is 23.4 Å². The van der Waals surface area contributed by atoms with Crippen LogP contribution in [-0.2, 0) is 5.88 Å². The first-order chi connectivity index (χ1) is 15.0. The van der Waals surface area contributed by atoms with Gasteiger partial charge in [-0.1, -0.05) is 12.1 Å². The molecule has 6 nitrogen and oxygen atoms in total. The molecule has 31 heavy (non-hydrogen) atoms. The molecule has 0 bridgehead atoms. The summed E-state index contributed by atoms with van der Waals surface area (Å²) in [4.78, 5) is 16.5. The van der Waals surface area contributed by atoms with Gasteiger partial charge in [0, 0.05) is 29.2 Å². The summed E-state index contributed by atoms with van der Waals surface area (Å²) >= 11 is 6.00. The minimum Gasteiger partial charge on any atom is -0.491 e. The van der Waals surface area contributed by atoms with Crippen LogP contribution in [0.5, 0.6) is 17.5 Å². The summed E-state index contributed by atoms with van der Waals surface area (Å²) in [6.07, 6.45) is 1.64. The van der Waals surface area contributed by atoms with E-state index in [1.165, 1.54) is 0 Å². The second-order valence-electron chi connectivity index (χ2n) is 7.24. The van der Waals surface area contributed by atoms with Crippen molar-refractivity contribution in [1.29, 1.82) is 0 Å². The van der Waals surface area contributed by atoms with Crippen LogP contribution < -0.4 is 9.47 Å². The maximum absolute atomic E-state index is 12.3. The number of carbonyl (C=O) groups is 1. The zero-order valence-electron chi connectivity index (χ0n) is 17.1. The number of aromatic carboxylic acids is 1. The van der Waals surface area contributed by atoms with Crippen molar-refractivity contribution in [3.05, 3.63) is 78.0 Å². The van der Waals surface area contributed by atoms with Gasteiger partial charge in [0.2, 0.25) is 11.8 Å². The molecule has 2 heterocycles. The number of rotatable bonds is 7. The molecule has 0 aliphatic rings. The normalized spacial score (nSPS) is 11.1. The second-order valence-corrected chi connectivity index (χ2v) is 7.50. The van der Waals surface area contributed by atoms with Gasteiger partial charge in [-0.25, -0.2) is 9.78 Å². The largest absolute Gasteiger partial charge is 0.491 e.